The second-order valence-corrected chi connectivity index (χ2v) is 9.15. The van der Waals surface area contributed by atoms with Crippen molar-refractivity contribution in [3.63, 3.8) is 0 Å². The highest BCUT2D eigenvalue weighted by Gasteiger charge is 2.41. The molecule has 1 amide bonds. The van der Waals surface area contributed by atoms with Crippen molar-refractivity contribution in [3.8, 4) is 0 Å². The van der Waals surface area contributed by atoms with Crippen LogP contribution in [-0.2, 0) is 14.8 Å². The van der Waals surface area contributed by atoms with E-state index >= 15 is 0 Å². The first-order chi connectivity index (χ1) is 12.8. The van der Waals surface area contributed by atoms with Crippen LogP contribution in [0.3, 0.4) is 0 Å². The Hall–Kier alpha value is -2.00. The molecule has 8 nitrogen and oxygen atoms in total. The molecule has 2 atom stereocenters. The molecular formula is C18H25N3O5S. The SMILES string of the molecule is C[C@@H]1CCCCN1C(=O)[C@@H]1CCCCN1S(=O)(=O)c1cccc([N+](=O)[O-])c1. The number of carbonyl (C=O) groups excluding carboxylic acids is 1. The average molecular weight is 395 g/mol. The first-order valence-corrected chi connectivity index (χ1v) is 10.8. The summed E-state index contributed by atoms with van der Waals surface area (Å²) in [5.74, 6) is -0.143. The van der Waals surface area contributed by atoms with Gasteiger partial charge in [0.25, 0.3) is 5.69 Å². The van der Waals surface area contributed by atoms with Crippen LogP contribution in [0.1, 0.15) is 45.4 Å². The van der Waals surface area contributed by atoms with E-state index in [0.717, 1.165) is 31.7 Å². The average Bonchev–Trinajstić information content (AvgIpc) is 2.68. The predicted octanol–water partition coefficient (Wildman–Crippen LogP) is 2.54. The van der Waals surface area contributed by atoms with Crippen LogP contribution in [0, 0.1) is 10.1 Å². The molecule has 2 fully saturated rings. The summed E-state index contributed by atoms with van der Waals surface area (Å²) in [5.41, 5.74) is -0.277. The first kappa shape index (κ1) is 19.8. The molecule has 0 spiro atoms. The van der Waals surface area contributed by atoms with E-state index in [1.807, 2.05) is 6.92 Å². The van der Waals surface area contributed by atoms with Crippen LogP contribution in [0.5, 0.6) is 0 Å². The van der Waals surface area contributed by atoms with Gasteiger partial charge in [-0.05, 0) is 45.1 Å². The van der Waals surface area contributed by atoms with E-state index in [4.69, 9.17) is 0 Å². The Morgan fingerprint density at radius 2 is 1.85 bits per heavy atom. The zero-order valence-electron chi connectivity index (χ0n) is 15.4. The summed E-state index contributed by atoms with van der Waals surface area (Å²) in [4.78, 5) is 25.2. The van der Waals surface area contributed by atoms with Crippen molar-refractivity contribution in [3.05, 3.63) is 34.4 Å². The molecule has 27 heavy (non-hydrogen) atoms. The first-order valence-electron chi connectivity index (χ1n) is 9.39. The fraction of sp³-hybridized carbons (Fsp3) is 0.611. The molecule has 0 aliphatic carbocycles. The maximum Gasteiger partial charge on any atom is 0.270 e. The number of amides is 1. The molecule has 1 aromatic carbocycles. The van der Waals surface area contributed by atoms with Gasteiger partial charge < -0.3 is 4.90 Å². The lowest BCUT2D eigenvalue weighted by Gasteiger charge is -2.40. The van der Waals surface area contributed by atoms with Crippen LogP contribution in [0.15, 0.2) is 29.2 Å². The minimum atomic E-state index is -3.99. The molecule has 2 heterocycles. The number of benzene rings is 1. The monoisotopic (exact) mass is 395 g/mol. The zero-order chi connectivity index (χ0) is 19.6. The van der Waals surface area contributed by atoms with Gasteiger partial charge in [0.1, 0.15) is 6.04 Å². The summed E-state index contributed by atoms with van der Waals surface area (Å²) in [5, 5.41) is 11.0. The van der Waals surface area contributed by atoms with Gasteiger partial charge in [0.2, 0.25) is 15.9 Å². The highest BCUT2D eigenvalue weighted by atomic mass is 32.2. The van der Waals surface area contributed by atoms with Crippen molar-refractivity contribution in [2.75, 3.05) is 13.1 Å². The number of hydrogen-bond acceptors (Lipinski definition) is 5. The number of hydrogen-bond donors (Lipinski definition) is 0. The minimum Gasteiger partial charge on any atom is -0.339 e. The van der Waals surface area contributed by atoms with Gasteiger partial charge in [-0.1, -0.05) is 12.5 Å². The number of carbonyl (C=O) groups is 1. The molecule has 2 aliphatic rings. The molecule has 148 valence electrons. The third-order valence-corrected chi connectivity index (χ3v) is 7.36. The number of nitro benzene ring substituents is 1. The third-order valence-electron chi connectivity index (χ3n) is 5.46. The second-order valence-electron chi connectivity index (χ2n) is 7.26. The Morgan fingerprint density at radius 1 is 1.15 bits per heavy atom. The Morgan fingerprint density at radius 3 is 2.56 bits per heavy atom. The standard InChI is InChI=1S/C18H25N3O5S/c1-14-7-2-4-11-19(14)18(22)17-10-3-5-12-20(17)27(25,26)16-9-6-8-15(13-16)21(23)24/h6,8-9,13-14,17H,2-5,7,10-12H2,1H3/t14-,17+/m1/s1. The summed E-state index contributed by atoms with van der Waals surface area (Å²) in [7, 11) is -3.99. The van der Waals surface area contributed by atoms with Gasteiger partial charge in [-0.25, -0.2) is 8.42 Å². The quantitative estimate of drug-likeness (QED) is 0.576. The molecule has 0 unspecified atom stereocenters. The number of sulfonamides is 1. The largest absolute Gasteiger partial charge is 0.339 e. The molecule has 0 bridgehead atoms. The van der Waals surface area contributed by atoms with Gasteiger partial charge in [-0.3, -0.25) is 14.9 Å². The van der Waals surface area contributed by atoms with Crippen molar-refractivity contribution in [1.82, 2.24) is 9.21 Å². The van der Waals surface area contributed by atoms with Crippen LogP contribution >= 0.6 is 0 Å². The summed E-state index contributed by atoms with van der Waals surface area (Å²) < 4.78 is 27.6. The molecule has 0 N–H and O–H groups in total. The van der Waals surface area contributed by atoms with Crippen molar-refractivity contribution in [2.45, 2.75) is 62.4 Å². The minimum absolute atomic E-state index is 0.107. The topological polar surface area (TPSA) is 101 Å². The number of piperidine rings is 2. The highest BCUT2D eigenvalue weighted by molar-refractivity contribution is 7.89. The molecule has 0 aromatic heterocycles. The Bertz CT molecular complexity index is 826. The summed E-state index contributed by atoms with van der Waals surface area (Å²) in [6.45, 7) is 2.91. The van der Waals surface area contributed by atoms with Gasteiger partial charge in [0.05, 0.1) is 9.82 Å². The van der Waals surface area contributed by atoms with Crippen LogP contribution in [0.25, 0.3) is 0 Å². The van der Waals surface area contributed by atoms with E-state index in [2.05, 4.69) is 0 Å². The fourth-order valence-electron chi connectivity index (χ4n) is 3.95. The highest BCUT2D eigenvalue weighted by Crippen LogP contribution is 2.29. The normalized spacial score (nSPS) is 24.6. The molecule has 2 aliphatic heterocycles. The lowest BCUT2D eigenvalue weighted by atomic mass is 9.99. The molecule has 3 rings (SSSR count). The van der Waals surface area contributed by atoms with Gasteiger partial charge in [-0.2, -0.15) is 4.31 Å². The lowest BCUT2D eigenvalue weighted by molar-refractivity contribution is -0.385. The molecule has 0 saturated carbocycles. The number of non-ortho nitro benzene ring substituents is 1. The Balaban J connectivity index is 1.91. The van der Waals surface area contributed by atoms with Crippen LogP contribution in [0.2, 0.25) is 0 Å². The zero-order valence-corrected chi connectivity index (χ0v) is 16.2. The summed E-state index contributed by atoms with van der Waals surface area (Å²) in [6, 6.07) is 4.40. The number of rotatable bonds is 4. The molecule has 1 aromatic rings. The number of nitrogens with zero attached hydrogens (tertiary/aromatic N) is 3. The van der Waals surface area contributed by atoms with Crippen LogP contribution < -0.4 is 0 Å². The molecule has 2 saturated heterocycles. The third kappa shape index (κ3) is 3.98. The van der Waals surface area contributed by atoms with E-state index in [0.29, 0.717) is 19.4 Å². The Labute approximate surface area is 159 Å². The number of likely N-dealkylation sites (tertiary alicyclic amines) is 1. The summed E-state index contributed by atoms with van der Waals surface area (Å²) >= 11 is 0. The smallest absolute Gasteiger partial charge is 0.270 e. The molecular weight excluding hydrogens is 370 g/mol. The summed E-state index contributed by atoms with van der Waals surface area (Å²) in [6.07, 6.45) is 4.88. The fourth-order valence-corrected chi connectivity index (χ4v) is 5.64. The van der Waals surface area contributed by atoms with E-state index in [-0.39, 0.29) is 29.1 Å². The van der Waals surface area contributed by atoms with E-state index < -0.39 is 21.0 Å². The van der Waals surface area contributed by atoms with Gasteiger partial charge in [0, 0.05) is 31.3 Å². The van der Waals surface area contributed by atoms with Crippen molar-refractivity contribution in [2.24, 2.45) is 0 Å². The maximum absolute atomic E-state index is 13.2. The van der Waals surface area contributed by atoms with Crippen molar-refractivity contribution in [1.29, 1.82) is 0 Å². The van der Waals surface area contributed by atoms with Gasteiger partial charge >= 0.3 is 0 Å². The van der Waals surface area contributed by atoms with Crippen molar-refractivity contribution < 1.29 is 18.1 Å². The van der Waals surface area contributed by atoms with Crippen LogP contribution in [-0.4, -0.2) is 53.6 Å². The lowest BCUT2D eigenvalue weighted by Crippen LogP contribution is -2.55. The van der Waals surface area contributed by atoms with Crippen molar-refractivity contribution >= 4 is 21.6 Å². The van der Waals surface area contributed by atoms with E-state index in [9.17, 15) is 23.3 Å². The van der Waals surface area contributed by atoms with E-state index in [1.54, 1.807) is 4.90 Å². The van der Waals surface area contributed by atoms with Crippen LogP contribution in [0.4, 0.5) is 5.69 Å². The van der Waals surface area contributed by atoms with Gasteiger partial charge in [0.15, 0.2) is 0 Å². The van der Waals surface area contributed by atoms with Gasteiger partial charge in [-0.15, -0.1) is 0 Å². The van der Waals surface area contributed by atoms with E-state index in [1.165, 1.54) is 22.5 Å². The maximum atomic E-state index is 13.2. The molecule has 0 radical (unpaired) electrons. The Kier molecular flexibility index (Phi) is 5.81. The molecule has 9 heteroatoms. The second kappa shape index (κ2) is 7.93. The predicted molar refractivity (Wildman–Crippen MR) is 99.7 cm³/mol. The number of nitro groups is 1.